The zero-order valence-electron chi connectivity index (χ0n) is 14.2. The number of nitrogens with zero attached hydrogens (tertiary/aromatic N) is 2. The van der Waals surface area contributed by atoms with Gasteiger partial charge in [0.05, 0.1) is 23.6 Å². The Morgan fingerprint density at radius 1 is 1.11 bits per heavy atom. The van der Waals surface area contributed by atoms with Gasteiger partial charge in [-0.15, -0.1) is 0 Å². The third-order valence-electron chi connectivity index (χ3n) is 4.70. The van der Waals surface area contributed by atoms with Gasteiger partial charge in [-0.1, -0.05) is 30.3 Å². The molecule has 0 aliphatic heterocycles. The van der Waals surface area contributed by atoms with E-state index in [9.17, 15) is 13.2 Å². The van der Waals surface area contributed by atoms with Gasteiger partial charge < -0.3 is 5.73 Å². The third kappa shape index (κ3) is 3.46. The largest absolute Gasteiger partial charge is 0.382 e. The van der Waals surface area contributed by atoms with Gasteiger partial charge in [-0.05, 0) is 41.7 Å². The van der Waals surface area contributed by atoms with Crippen LogP contribution < -0.4 is 10.5 Å². The number of benzene rings is 2. The molecule has 0 bridgehead atoms. The van der Waals surface area contributed by atoms with E-state index in [0.717, 1.165) is 24.0 Å². The standard InChI is InChI=1S/C19H17FN4O2S/c20-16-9-12(5-6-14(16)17-10-23-18(21)11-22-17)13-3-1-2-4-15(13)19(7-8-19)24-27(25)26/h1-6,9-11,24H,7-8H2,(H2,21,23)(H,25,26). The van der Waals surface area contributed by atoms with Gasteiger partial charge in [-0.3, -0.25) is 9.54 Å². The summed E-state index contributed by atoms with van der Waals surface area (Å²) in [6.45, 7) is 0. The maximum absolute atomic E-state index is 14.8. The molecule has 1 atom stereocenters. The third-order valence-corrected chi connectivity index (χ3v) is 5.27. The summed E-state index contributed by atoms with van der Waals surface area (Å²) in [6.07, 6.45) is 4.31. The van der Waals surface area contributed by atoms with Crippen LogP contribution in [0.2, 0.25) is 0 Å². The number of nitrogens with two attached hydrogens (primary N) is 1. The van der Waals surface area contributed by atoms with Crippen LogP contribution in [-0.4, -0.2) is 18.7 Å². The lowest BCUT2D eigenvalue weighted by Gasteiger charge is -2.19. The minimum absolute atomic E-state index is 0.271. The molecule has 138 valence electrons. The lowest BCUT2D eigenvalue weighted by Crippen LogP contribution is -2.30. The van der Waals surface area contributed by atoms with E-state index in [0.29, 0.717) is 16.8 Å². The molecule has 0 amide bonds. The molecule has 1 aromatic heterocycles. The summed E-state index contributed by atoms with van der Waals surface area (Å²) in [5.74, 6) is -0.155. The van der Waals surface area contributed by atoms with E-state index in [4.69, 9.17) is 5.73 Å². The minimum atomic E-state index is -2.12. The van der Waals surface area contributed by atoms with Crippen LogP contribution in [0, 0.1) is 5.82 Å². The van der Waals surface area contributed by atoms with Crippen molar-refractivity contribution in [1.82, 2.24) is 14.7 Å². The predicted octanol–water partition coefficient (Wildman–Crippen LogP) is 3.25. The summed E-state index contributed by atoms with van der Waals surface area (Å²) < 4.78 is 38.0. The summed E-state index contributed by atoms with van der Waals surface area (Å²) in [5, 5.41) is 0. The number of nitrogen functional groups attached to an aromatic ring is 1. The van der Waals surface area contributed by atoms with Crippen LogP contribution in [0.25, 0.3) is 22.4 Å². The molecular weight excluding hydrogens is 367 g/mol. The van der Waals surface area contributed by atoms with Crippen molar-refractivity contribution in [1.29, 1.82) is 0 Å². The van der Waals surface area contributed by atoms with Crippen LogP contribution in [0.1, 0.15) is 18.4 Å². The Balaban J connectivity index is 1.74. The van der Waals surface area contributed by atoms with Crippen molar-refractivity contribution in [2.45, 2.75) is 18.4 Å². The van der Waals surface area contributed by atoms with Crippen molar-refractivity contribution >= 4 is 17.1 Å². The van der Waals surface area contributed by atoms with Crippen LogP contribution >= 0.6 is 0 Å². The molecule has 1 unspecified atom stereocenters. The molecule has 1 aliphatic rings. The molecule has 4 N–H and O–H groups in total. The molecule has 2 aromatic carbocycles. The van der Waals surface area contributed by atoms with Crippen molar-refractivity contribution in [3.8, 4) is 22.4 Å². The summed E-state index contributed by atoms with van der Waals surface area (Å²) in [6, 6.07) is 12.4. The van der Waals surface area contributed by atoms with Crippen molar-refractivity contribution in [3.05, 3.63) is 66.2 Å². The number of hydrogen-bond donors (Lipinski definition) is 3. The highest BCUT2D eigenvalue weighted by Gasteiger charge is 2.46. The normalized spacial score (nSPS) is 16.1. The number of nitrogens with one attached hydrogen (secondary N) is 1. The number of aromatic nitrogens is 2. The van der Waals surface area contributed by atoms with E-state index in [1.54, 1.807) is 12.1 Å². The number of rotatable bonds is 5. The van der Waals surface area contributed by atoms with E-state index in [1.807, 2.05) is 24.3 Å². The monoisotopic (exact) mass is 384 g/mol. The first kappa shape index (κ1) is 17.7. The quantitative estimate of drug-likeness (QED) is 0.586. The van der Waals surface area contributed by atoms with Gasteiger partial charge in [0.1, 0.15) is 11.6 Å². The second-order valence-corrected chi connectivity index (χ2v) is 7.20. The molecule has 6 nitrogen and oxygen atoms in total. The van der Waals surface area contributed by atoms with Gasteiger partial charge in [-0.2, -0.15) is 0 Å². The molecular formula is C19H17FN4O2S. The molecule has 8 heteroatoms. The zero-order chi connectivity index (χ0) is 19.0. The van der Waals surface area contributed by atoms with Crippen LogP contribution in [-0.2, 0) is 16.8 Å². The number of anilines is 1. The highest BCUT2D eigenvalue weighted by atomic mass is 32.2. The van der Waals surface area contributed by atoms with Gasteiger partial charge in [0.25, 0.3) is 0 Å². The summed E-state index contributed by atoms with van der Waals surface area (Å²) >= 11 is -2.12. The highest BCUT2D eigenvalue weighted by molar-refractivity contribution is 7.77. The van der Waals surface area contributed by atoms with Crippen molar-refractivity contribution in [3.63, 3.8) is 0 Å². The minimum Gasteiger partial charge on any atom is -0.382 e. The van der Waals surface area contributed by atoms with E-state index in [-0.39, 0.29) is 5.82 Å². The van der Waals surface area contributed by atoms with Crippen LogP contribution in [0.3, 0.4) is 0 Å². The Hall–Kier alpha value is -2.68. The maximum atomic E-state index is 14.8. The summed E-state index contributed by atoms with van der Waals surface area (Å²) in [4.78, 5) is 8.06. The average Bonchev–Trinajstić information content (AvgIpc) is 3.42. The highest BCUT2D eigenvalue weighted by Crippen LogP contribution is 2.49. The molecule has 1 heterocycles. The molecule has 0 radical (unpaired) electrons. The molecule has 27 heavy (non-hydrogen) atoms. The summed E-state index contributed by atoms with van der Waals surface area (Å²) in [5.41, 5.74) is 8.10. The second-order valence-electron chi connectivity index (χ2n) is 6.50. The fourth-order valence-electron chi connectivity index (χ4n) is 3.24. The molecule has 0 saturated heterocycles. The molecule has 1 saturated carbocycles. The van der Waals surface area contributed by atoms with Gasteiger partial charge in [-0.25, -0.2) is 18.3 Å². The fraction of sp³-hybridized carbons (Fsp3) is 0.158. The Labute approximate surface area is 158 Å². The Morgan fingerprint density at radius 2 is 1.89 bits per heavy atom. The first-order valence-electron chi connectivity index (χ1n) is 8.34. The maximum Gasteiger partial charge on any atom is 0.232 e. The fourth-order valence-corrected chi connectivity index (χ4v) is 3.89. The molecule has 3 aromatic rings. The van der Waals surface area contributed by atoms with Crippen molar-refractivity contribution < 1.29 is 13.2 Å². The molecule has 0 spiro atoms. The van der Waals surface area contributed by atoms with Crippen LogP contribution in [0.5, 0.6) is 0 Å². The predicted molar refractivity (Wildman–Crippen MR) is 102 cm³/mol. The number of hydrogen-bond acceptors (Lipinski definition) is 4. The van der Waals surface area contributed by atoms with Gasteiger partial charge in [0.15, 0.2) is 0 Å². The zero-order valence-corrected chi connectivity index (χ0v) is 15.0. The Bertz CT molecular complexity index is 1020. The van der Waals surface area contributed by atoms with E-state index in [2.05, 4.69) is 14.7 Å². The second kappa shape index (κ2) is 6.80. The van der Waals surface area contributed by atoms with Crippen molar-refractivity contribution in [2.24, 2.45) is 0 Å². The van der Waals surface area contributed by atoms with Gasteiger partial charge in [0.2, 0.25) is 11.3 Å². The van der Waals surface area contributed by atoms with Crippen molar-refractivity contribution in [2.75, 3.05) is 5.73 Å². The molecule has 4 rings (SSSR count). The first-order valence-corrected chi connectivity index (χ1v) is 9.45. The first-order chi connectivity index (χ1) is 13.0. The van der Waals surface area contributed by atoms with E-state index in [1.165, 1.54) is 18.5 Å². The topological polar surface area (TPSA) is 101 Å². The lowest BCUT2D eigenvalue weighted by molar-refractivity contribution is 0.523. The number of halogens is 1. The molecule has 1 fully saturated rings. The van der Waals surface area contributed by atoms with Gasteiger partial charge >= 0.3 is 0 Å². The van der Waals surface area contributed by atoms with E-state index >= 15 is 0 Å². The SMILES string of the molecule is Nc1cnc(-c2ccc(-c3ccccc3C3(NS(=O)O)CC3)cc2F)cn1. The van der Waals surface area contributed by atoms with Gasteiger partial charge in [0, 0.05) is 5.56 Å². The van der Waals surface area contributed by atoms with E-state index < -0.39 is 22.6 Å². The van der Waals surface area contributed by atoms with Crippen LogP contribution in [0.15, 0.2) is 54.9 Å². The average molecular weight is 384 g/mol. The Kier molecular flexibility index (Phi) is 4.47. The molecule has 1 aliphatic carbocycles. The lowest BCUT2D eigenvalue weighted by atomic mass is 9.93. The Morgan fingerprint density at radius 3 is 2.52 bits per heavy atom. The summed E-state index contributed by atoms with van der Waals surface area (Å²) in [7, 11) is 0. The van der Waals surface area contributed by atoms with Crippen LogP contribution in [0.4, 0.5) is 10.2 Å². The smallest absolute Gasteiger partial charge is 0.232 e.